The fraction of sp³-hybridized carbons (Fsp3) is 1.00. The first-order valence-electron chi connectivity index (χ1n) is 7.45. The summed E-state index contributed by atoms with van der Waals surface area (Å²) in [5, 5.41) is 3.66. The van der Waals surface area contributed by atoms with Crippen molar-refractivity contribution < 1.29 is 0 Å². The summed E-state index contributed by atoms with van der Waals surface area (Å²) in [6, 6.07) is 1.56. The first kappa shape index (κ1) is 13.3. The van der Waals surface area contributed by atoms with Crippen LogP contribution in [0.15, 0.2) is 0 Å². The second-order valence-corrected chi connectivity index (χ2v) is 5.77. The van der Waals surface area contributed by atoms with Crippen molar-refractivity contribution in [1.29, 1.82) is 0 Å². The minimum absolute atomic E-state index is 0.721. The van der Waals surface area contributed by atoms with Gasteiger partial charge in [0.1, 0.15) is 0 Å². The summed E-state index contributed by atoms with van der Waals surface area (Å²) in [6.45, 7) is 8.63. The van der Waals surface area contributed by atoms with Gasteiger partial charge in [-0.1, -0.05) is 6.92 Å². The molecule has 1 saturated heterocycles. The summed E-state index contributed by atoms with van der Waals surface area (Å²) >= 11 is 0. The van der Waals surface area contributed by atoms with E-state index in [2.05, 4.69) is 29.1 Å². The van der Waals surface area contributed by atoms with Gasteiger partial charge in [0.05, 0.1) is 0 Å². The van der Waals surface area contributed by atoms with Crippen LogP contribution in [-0.4, -0.2) is 61.7 Å². The maximum absolute atomic E-state index is 3.66. The Kier molecular flexibility index (Phi) is 5.26. The van der Waals surface area contributed by atoms with Gasteiger partial charge in [0.2, 0.25) is 0 Å². The summed E-state index contributed by atoms with van der Waals surface area (Å²) < 4.78 is 0. The second kappa shape index (κ2) is 6.72. The lowest BCUT2D eigenvalue weighted by molar-refractivity contribution is 0.196. The highest BCUT2D eigenvalue weighted by Gasteiger charge is 2.23. The molecule has 0 bridgehead atoms. The van der Waals surface area contributed by atoms with Crippen LogP contribution in [0.5, 0.6) is 0 Å². The molecule has 17 heavy (non-hydrogen) atoms. The summed E-state index contributed by atoms with van der Waals surface area (Å²) in [5.74, 6) is 0. The Morgan fingerprint density at radius 2 is 2.00 bits per heavy atom. The minimum atomic E-state index is 0.721. The van der Waals surface area contributed by atoms with Crippen molar-refractivity contribution in [3.05, 3.63) is 0 Å². The number of nitrogens with zero attached hydrogens (tertiary/aromatic N) is 2. The van der Waals surface area contributed by atoms with Crippen LogP contribution in [0.2, 0.25) is 0 Å². The minimum Gasteiger partial charge on any atom is -0.312 e. The monoisotopic (exact) mass is 239 g/mol. The summed E-state index contributed by atoms with van der Waals surface area (Å²) in [6.07, 6.45) is 6.87. The van der Waals surface area contributed by atoms with Gasteiger partial charge in [-0.2, -0.15) is 0 Å². The smallest absolute Gasteiger partial charge is 0.0215 e. The maximum Gasteiger partial charge on any atom is 0.0215 e. The van der Waals surface area contributed by atoms with Crippen molar-refractivity contribution in [2.45, 2.75) is 51.1 Å². The molecule has 1 heterocycles. The zero-order valence-electron chi connectivity index (χ0n) is 11.6. The standard InChI is InChI=1S/C14H29N3/c1-3-14(12-15-13-6-7-13)16(2)10-11-17-8-4-5-9-17/h13-15H,3-12H2,1-2H3. The summed E-state index contributed by atoms with van der Waals surface area (Å²) in [5.41, 5.74) is 0. The van der Waals surface area contributed by atoms with Gasteiger partial charge in [0, 0.05) is 31.7 Å². The van der Waals surface area contributed by atoms with Crippen LogP contribution in [0.25, 0.3) is 0 Å². The first-order chi connectivity index (χ1) is 8.29. The predicted octanol–water partition coefficient (Wildman–Crippen LogP) is 1.54. The SMILES string of the molecule is CCC(CNC1CC1)N(C)CCN1CCCC1. The molecule has 2 rings (SSSR count). The van der Waals surface area contributed by atoms with E-state index >= 15 is 0 Å². The first-order valence-corrected chi connectivity index (χ1v) is 7.45. The molecule has 1 aliphatic carbocycles. The third kappa shape index (κ3) is 4.57. The Labute approximate surface area is 107 Å². The summed E-state index contributed by atoms with van der Waals surface area (Å²) in [4.78, 5) is 5.16. The molecule has 0 radical (unpaired) electrons. The maximum atomic E-state index is 3.66. The molecule has 2 fully saturated rings. The van der Waals surface area contributed by atoms with E-state index in [-0.39, 0.29) is 0 Å². The van der Waals surface area contributed by atoms with E-state index in [1.165, 1.54) is 64.8 Å². The highest BCUT2D eigenvalue weighted by Crippen LogP contribution is 2.18. The van der Waals surface area contributed by atoms with Gasteiger partial charge in [-0.15, -0.1) is 0 Å². The Morgan fingerprint density at radius 1 is 1.29 bits per heavy atom. The van der Waals surface area contributed by atoms with Gasteiger partial charge in [-0.05, 0) is 52.2 Å². The van der Waals surface area contributed by atoms with Crippen molar-refractivity contribution in [1.82, 2.24) is 15.1 Å². The van der Waals surface area contributed by atoms with E-state index in [9.17, 15) is 0 Å². The molecule has 3 nitrogen and oxygen atoms in total. The number of hydrogen-bond donors (Lipinski definition) is 1. The number of hydrogen-bond acceptors (Lipinski definition) is 3. The molecule has 3 heteroatoms. The van der Waals surface area contributed by atoms with Gasteiger partial charge in [-0.3, -0.25) is 0 Å². The molecule has 2 aliphatic rings. The van der Waals surface area contributed by atoms with Crippen LogP contribution in [0.3, 0.4) is 0 Å². The largest absolute Gasteiger partial charge is 0.312 e. The van der Waals surface area contributed by atoms with E-state index in [1.54, 1.807) is 0 Å². The lowest BCUT2D eigenvalue weighted by atomic mass is 10.2. The fourth-order valence-electron chi connectivity index (χ4n) is 2.69. The molecule has 0 spiro atoms. The van der Waals surface area contributed by atoms with Gasteiger partial charge < -0.3 is 15.1 Å². The number of likely N-dealkylation sites (tertiary alicyclic amines) is 1. The van der Waals surface area contributed by atoms with Gasteiger partial charge >= 0.3 is 0 Å². The normalized spacial score (nSPS) is 23.5. The van der Waals surface area contributed by atoms with Crippen LogP contribution < -0.4 is 5.32 Å². The Balaban J connectivity index is 1.61. The molecule has 1 unspecified atom stereocenters. The Bertz CT molecular complexity index is 210. The highest BCUT2D eigenvalue weighted by atomic mass is 15.2. The molecule has 1 atom stereocenters. The Morgan fingerprint density at radius 3 is 2.59 bits per heavy atom. The molecule has 1 N–H and O–H groups in total. The third-order valence-electron chi connectivity index (χ3n) is 4.28. The highest BCUT2D eigenvalue weighted by molar-refractivity contribution is 4.83. The molecule has 1 aliphatic heterocycles. The van der Waals surface area contributed by atoms with Crippen molar-refractivity contribution in [3.8, 4) is 0 Å². The van der Waals surface area contributed by atoms with Crippen molar-refractivity contribution in [2.75, 3.05) is 39.8 Å². The summed E-state index contributed by atoms with van der Waals surface area (Å²) in [7, 11) is 2.29. The molecular weight excluding hydrogens is 210 g/mol. The van der Waals surface area contributed by atoms with Crippen molar-refractivity contribution in [3.63, 3.8) is 0 Å². The van der Waals surface area contributed by atoms with Crippen LogP contribution >= 0.6 is 0 Å². The van der Waals surface area contributed by atoms with E-state index in [4.69, 9.17) is 0 Å². The van der Waals surface area contributed by atoms with E-state index in [0.717, 1.165) is 12.1 Å². The average Bonchev–Trinajstić information content (AvgIpc) is 3.02. The molecule has 1 saturated carbocycles. The second-order valence-electron chi connectivity index (χ2n) is 5.77. The molecular formula is C14H29N3. The van der Waals surface area contributed by atoms with E-state index in [1.807, 2.05) is 0 Å². The van der Waals surface area contributed by atoms with Gasteiger partial charge in [0.25, 0.3) is 0 Å². The average molecular weight is 239 g/mol. The fourth-order valence-corrected chi connectivity index (χ4v) is 2.69. The predicted molar refractivity (Wildman–Crippen MR) is 73.4 cm³/mol. The van der Waals surface area contributed by atoms with Gasteiger partial charge in [0.15, 0.2) is 0 Å². The van der Waals surface area contributed by atoms with E-state index < -0.39 is 0 Å². The van der Waals surface area contributed by atoms with Gasteiger partial charge in [-0.25, -0.2) is 0 Å². The zero-order chi connectivity index (χ0) is 12.1. The quantitative estimate of drug-likeness (QED) is 0.693. The van der Waals surface area contributed by atoms with Crippen LogP contribution in [0, 0.1) is 0 Å². The molecule has 0 aromatic heterocycles. The molecule has 0 aromatic carbocycles. The zero-order valence-corrected chi connectivity index (χ0v) is 11.6. The van der Waals surface area contributed by atoms with E-state index in [0.29, 0.717) is 0 Å². The van der Waals surface area contributed by atoms with Crippen LogP contribution in [-0.2, 0) is 0 Å². The lowest BCUT2D eigenvalue weighted by Crippen LogP contribution is -2.43. The molecule has 100 valence electrons. The molecule has 0 amide bonds. The Hall–Kier alpha value is -0.120. The molecule has 0 aromatic rings. The third-order valence-corrected chi connectivity index (χ3v) is 4.28. The number of nitrogens with one attached hydrogen (secondary N) is 1. The van der Waals surface area contributed by atoms with Crippen molar-refractivity contribution >= 4 is 0 Å². The van der Waals surface area contributed by atoms with Crippen LogP contribution in [0.4, 0.5) is 0 Å². The number of likely N-dealkylation sites (N-methyl/N-ethyl adjacent to an activating group) is 1. The lowest BCUT2D eigenvalue weighted by Gasteiger charge is -2.29. The topological polar surface area (TPSA) is 18.5 Å². The van der Waals surface area contributed by atoms with Crippen LogP contribution in [0.1, 0.15) is 39.0 Å². The van der Waals surface area contributed by atoms with Crippen molar-refractivity contribution in [2.24, 2.45) is 0 Å². The number of rotatable bonds is 8.